The van der Waals surface area contributed by atoms with Gasteiger partial charge in [0.25, 0.3) is 11.8 Å². The van der Waals surface area contributed by atoms with Crippen LogP contribution in [0.15, 0.2) is 58.3 Å². The van der Waals surface area contributed by atoms with E-state index in [0.717, 1.165) is 5.57 Å². The fraction of sp³-hybridized carbons (Fsp3) is 0.167. The van der Waals surface area contributed by atoms with Crippen LogP contribution >= 0.6 is 23.2 Å². The lowest BCUT2D eigenvalue weighted by Crippen LogP contribution is -2.35. The van der Waals surface area contributed by atoms with Gasteiger partial charge in [-0.1, -0.05) is 34.9 Å². The summed E-state index contributed by atoms with van der Waals surface area (Å²) in [5.74, 6) is -0.608. The maximum atomic E-state index is 12.3. The SMILES string of the molecule is CC1=C(C)C2C=CC(=NC(=O)c3cc(Cl)ccc3Cl)C=C2NC1=O. The molecule has 0 spiro atoms. The van der Waals surface area contributed by atoms with Crippen molar-refractivity contribution in [1.29, 1.82) is 0 Å². The van der Waals surface area contributed by atoms with E-state index in [1.165, 1.54) is 6.07 Å². The summed E-state index contributed by atoms with van der Waals surface area (Å²) in [6.07, 6.45) is 5.38. The summed E-state index contributed by atoms with van der Waals surface area (Å²) >= 11 is 11.9. The Kier molecular flexibility index (Phi) is 4.43. The lowest BCUT2D eigenvalue weighted by Gasteiger charge is -2.28. The van der Waals surface area contributed by atoms with Crippen molar-refractivity contribution in [3.63, 3.8) is 0 Å². The Morgan fingerprint density at radius 1 is 1.25 bits per heavy atom. The first-order chi connectivity index (χ1) is 11.4. The molecule has 1 N–H and O–H groups in total. The van der Waals surface area contributed by atoms with Crippen molar-refractivity contribution < 1.29 is 9.59 Å². The van der Waals surface area contributed by atoms with Gasteiger partial charge in [0.05, 0.1) is 16.3 Å². The number of hydrogen-bond acceptors (Lipinski definition) is 2. The molecule has 0 fully saturated rings. The number of fused-ring (bicyclic) bond motifs is 1. The van der Waals surface area contributed by atoms with Gasteiger partial charge < -0.3 is 5.32 Å². The van der Waals surface area contributed by atoms with E-state index >= 15 is 0 Å². The highest BCUT2D eigenvalue weighted by atomic mass is 35.5. The Morgan fingerprint density at radius 2 is 2.00 bits per heavy atom. The molecule has 2 amide bonds. The Balaban J connectivity index is 1.93. The molecular weight excluding hydrogens is 347 g/mol. The van der Waals surface area contributed by atoms with Crippen LogP contribution in [-0.2, 0) is 4.79 Å². The molecule has 0 bridgehead atoms. The molecule has 24 heavy (non-hydrogen) atoms. The van der Waals surface area contributed by atoms with Crippen molar-refractivity contribution in [2.24, 2.45) is 10.9 Å². The van der Waals surface area contributed by atoms with Gasteiger partial charge in [-0.3, -0.25) is 9.59 Å². The number of benzene rings is 1. The molecule has 1 aliphatic heterocycles. The quantitative estimate of drug-likeness (QED) is 0.818. The Labute approximate surface area is 149 Å². The number of aliphatic imine (C=N–C) groups is 1. The predicted octanol–water partition coefficient (Wildman–Crippen LogP) is 4.11. The first-order valence-corrected chi connectivity index (χ1v) is 8.09. The van der Waals surface area contributed by atoms with Crippen molar-refractivity contribution in [3.8, 4) is 0 Å². The van der Waals surface area contributed by atoms with Crippen LogP contribution in [0.1, 0.15) is 24.2 Å². The minimum Gasteiger partial charge on any atom is -0.325 e. The lowest BCUT2D eigenvalue weighted by molar-refractivity contribution is -0.117. The largest absolute Gasteiger partial charge is 0.325 e. The Morgan fingerprint density at radius 3 is 2.75 bits per heavy atom. The summed E-state index contributed by atoms with van der Waals surface area (Å²) in [4.78, 5) is 28.3. The summed E-state index contributed by atoms with van der Waals surface area (Å²) < 4.78 is 0. The molecule has 122 valence electrons. The molecule has 3 rings (SSSR count). The van der Waals surface area contributed by atoms with Gasteiger partial charge in [0.15, 0.2) is 0 Å². The van der Waals surface area contributed by atoms with Crippen molar-refractivity contribution in [3.05, 3.63) is 68.9 Å². The Bertz CT molecular complexity index is 879. The highest BCUT2D eigenvalue weighted by Crippen LogP contribution is 2.30. The van der Waals surface area contributed by atoms with Gasteiger partial charge in [-0.05, 0) is 44.2 Å². The van der Waals surface area contributed by atoms with E-state index in [0.29, 0.717) is 27.0 Å². The number of nitrogens with one attached hydrogen (secondary N) is 1. The van der Waals surface area contributed by atoms with Crippen LogP contribution in [0.25, 0.3) is 0 Å². The average molecular weight is 361 g/mol. The summed E-state index contributed by atoms with van der Waals surface area (Å²) in [7, 11) is 0. The number of rotatable bonds is 1. The monoisotopic (exact) mass is 360 g/mol. The van der Waals surface area contributed by atoms with Gasteiger partial charge in [-0.2, -0.15) is 0 Å². The molecule has 1 aromatic carbocycles. The van der Waals surface area contributed by atoms with E-state index in [1.54, 1.807) is 31.2 Å². The normalized spacial score (nSPS) is 21.5. The van der Waals surface area contributed by atoms with Gasteiger partial charge >= 0.3 is 0 Å². The van der Waals surface area contributed by atoms with Gasteiger partial charge in [0, 0.05) is 22.2 Å². The van der Waals surface area contributed by atoms with Crippen molar-refractivity contribution in [1.82, 2.24) is 5.32 Å². The standard InChI is InChI=1S/C18H14Cl2N2O2/c1-9-10(2)17(23)22-16-8-12(4-5-13(9)16)21-18(24)14-7-11(19)3-6-15(14)20/h3-8,13H,1-2H3,(H,22,23). The molecule has 6 heteroatoms. The molecule has 0 aromatic heterocycles. The van der Waals surface area contributed by atoms with Gasteiger partial charge in [0.2, 0.25) is 0 Å². The molecule has 1 aromatic rings. The highest BCUT2D eigenvalue weighted by molar-refractivity contribution is 6.36. The molecule has 1 unspecified atom stereocenters. The minimum atomic E-state index is -0.483. The molecule has 0 saturated heterocycles. The maximum Gasteiger partial charge on any atom is 0.279 e. The number of amides is 2. The molecule has 2 aliphatic rings. The summed E-state index contributed by atoms with van der Waals surface area (Å²) in [5, 5.41) is 3.54. The van der Waals surface area contributed by atoms with Crippen LogP contribution < -0.4 is 5.32 Å². The third kappa shape index (κ3) is 3.07. The second-order valence-electron chi connectivity index (χ2n) is 5.66. The molecule has 1 heterocycles. The van der Waals surface area contributed by atoms with E-state index in [2.05, 4.69) is 10.3 Å². The minimum absolute atomic E-state index is 0.00603. The third-order valence-corrected chi connectivity index (χ3v) is 4.71. The van der Waals surface area contributed by atoms with Crippen LogP contribution in [0.4, 0.5) is 0 Å². The molecule has 0 radical (unpaired) electrons. The van der Waals surface area contributed by atoms with Crippen LogP contribution in [0, 0.1) is 5.92 Å². The fourth-order valence-electron chi connectivity index (χ4n) is 2.63. The van der Waals surface area contributed by atoms with Gasteiger partial charge in [0.1, 0.15) is 0 Å². The number of halogens is 2. The average Bonchev–Trinajstić information content (AvgIpc) is 2.54. The predicted molar refractivity (Wildman–Crippen MR) is 95.5 cm³/mol. The van der Waals surface area contributed by atoms with Crippen molar-refractivity contribution in [2.45, 2.75) is 13.8 Å². The summed E-state index contributed by atoms with van der Waals surface area (Å²) in [6.45, 7) is 3.72. The number of allylic oxidation sites excluding steroid dienone is 3. The highest BCUT2D eigenvalue weighted by Gasteiger charge is 2.27. The maximum absolute atomic E-state index is 12.3. The van der Waals surface area contributed by atoms with E-state index in [-0.39, 0.29) is 17.4 Å². The van der Waals surface area contributed by atoms with E-state index in [1.807, 2.05) is 13.0 Å². The summed E-state index contributed by atoms with van der Waals surface area (Å²) in [6, 6.07) is 4.65. The third-order valence-electron chi connectivity index (χ3n) is 4.14. The van der Waals surface area contributed by atoms with E-state index in [9.17, 15) is 9.59 Å². The molecule has 1 aliphatic carbocycles. The summed E-state index contributed by atoms with van der Waals surface area (Å²) in [5.41, 5.74) is 3.11. The smallest absolute Gasteiger partial charge is 0.279 e. The second kappa shape index (κ2) is 6.38. The topological polar surface area (TPSA) is 58.5 Å². The van der Waals surface area contributed by atoms with Gasteiger partial charge in [-0.25, -0.2) is 4.99 Å². The molecule has 1 atom stereocenters. The van der Waals surface area contributed by atoms with E-state index < -0.39 is 5.91 Å². The molecule has 4 nitrogen and oxygen atoms in total. The number of nitrogens with zero attached hydrogens (tertiary/aromatic N) is 1. The second-order valence-corrected chi connectivity index (χ2v) is 6.51. The first-order valence-electron chi connectivity index (χ1n) is 7.33. The molecule has 0 saturated carbocycles. The van der Waals surface area contributed by atoms with Gasteiger partial charge in [-0.15, -0.1) is 0 Å². The number of carbonyl (C=O) groups is 2. The zero-order chi connectivity index (χ0) is 17.4. The Hall–Kier alpha value is -2.17. The van der Waals surface area contributed by atoms with E-state index in [4.69, 9.17) is 23.2 Å². The van der Waals surface area contributed by atoms with Crippen molar-refractivity contribution >= 4 is 40.7 Å². The van der Waals surface area contributed by atoms with Crippen LogP contribution in [0.5, 0.6) is 0 Å². The first kappa shape index (κ1) is 16.7. The molecular formula is C18H14Cl2N2O2. The zero-order valence-electron chi connectivity index (χ0n) is 13.1. The van der Waals surface area contributed by atoms with Crippen LogP contribution in [0.2, 0.25) is 10.0 Å². The number of carbonyl (C=O) groups excluding carboxylic acids is 2. The van der Waals surface area contributed by atoms with Crippen LogP contribution in [-0.4, -0.2) is 17.5 Å². The number of hydrogen-bond donors (Lipinski definition) is 1. The fourth-order valence-corrected chi connectivity index (χ4v) is 3.00. The zero-order valence-corrected chi connectivity index (χ0v) is 14.6. The lowest BCUT2D eigenvalue weighted by atomic mass is 9.85. The van der Waals surface area contributed by atoms with Crippen molar-refractivity contribution in [2.75, 3.05) is 0 Å². The van der Waals surface area contributed by atoms with Crippen LogP contribution in [0.3, 0.4) is 0 Å².